The smallest absolute Gasteiger partial charge is 0.251 e. The summed E-state index contributed by atoms with van der Waals surface area (Å²) in [4.78, 5) is 12.7. The Labute approximate surface area is 153 Å². The van der Waals surface area contributed by atoms with E-state index in [1.807, 2.05) is 30.3 Å². The van der Waals surface area contributed by atoms with E-state index in [-0.39, 0.29) is 10.8 Å². The van der Waals surface area contributed by atoms with Crippen LogP contribution in [0.15, 0.2) is 53.4 Å². The first-order valence-electron chi connectivity index (χ1n) is 8.49. The molecule has 1 aliphatic rings. The average molecular weight is 374 g/mol. The molecule has 1 aliphatic heterocycles. The molecule has 2 aromatic rings. The van der Waals surface area contributed by atoms with E-state index in [4.69, 9.17) is 4.74 Å². The zero-order chi connectivity index (χ0) is 18.6. The summed E-state index contributed by atoms with van der Waals surface area (Å²) >= 11 is 0. The minimum atomic E-state index is -3.63. The van der Waals surface area contributed by atoms with Gasteiger partial charge in [0, 0.05) is 25.2 Å². The number of amides is 1. The highest BCUT2D eigenvalue weighted by atomic mass is 32.2. The third-order valence-corrected chi connectivity index (χ3v) is 6.25. The number of hydrogen-bond acceptors (Lipinski definition) is 4. The fraction of sp³-hybridized carbons (Fsp3) is 0.316. The van der Waals surface area contributed by atoms with E-state index in [2.05, 4.69) is 5.32 Å². The van der Waals surface area contributed by atoms with Crippen molar-refractivity contribution >= 4 is 15.9 Å². The van der Waals surface area contributed by atoms with Gasteiger partial charge in [0.2, 0.25) is 10.0 Å². The summed E-state index contributed by atoms with van der Waals surface area (Å²) in [5.41, 5.74) is 2.09. The number of nitrogens with zero attached hydrogens (tertiary/aromatic N) is 1. The van der Waals surface area contributed by atoms with Crippen LogP contribution in [0.2, 0.25) is 0 Å². The van der Waals surface area contributed by atoms with Gasteiger partial charge >= 0.3 is 0 Å². The maximum absolute atomic E-state index is 12.8. The predicted octanol–water partition coefficient (Wildman–Crippen LogP) is 1.95. The van der Waals surface area contributed by atoms with Gasteiger partial charge in [-0.2, -0.15) is 4.31 Å². The van der Waals surface area contributed by atoms with Crippen molar-refractivity contribution in [1.29, 1.82) is 0 Å². The number of nitrogens with one attached hydrogen (secondary N) is 1. The number of rotatable bonds is 5. The normalized spacial score (nSPS) is 15.6. The molecule has 0 atom stereocenters. The zero-order valence-electron chi connectivity index (χ0n) is 14.6. The lowest BCUT2D eigenvalue weighted by Gasteiger charge is -2.26. The molecule has 0 bridgehead atoms. The van der Waals surface area contributed by atoms with E-state index >= 15 is 0 Å². The minimum absolute atomic E-state index is 0.134. The van der Waals surface area contributed by atoms with Crippen LogP contribution in [0.4, 0.5) is 0 Å². The Morgan fingerprint density at radius 2 is 1.81 bits per heavy atom. The van der Waals surface area contributed by atoms with E-state index in [1.165, 1.54) is 10.4 Å². The Bertz CT molecular complexity index is 876. The highest BCUT2D eigenvalue weighted by Gasteiger charge is 2.27. The zero-order valence-corrected chi connectivity index (χ0v) is 15.5. The molecule has 1 fully saturated rings. The number of carbonyl (C=O) groups is 1. The van der Waals surface area contributed by atoms with Gasteiger partial charge in [-0.3, -0.25) is 4.79 Å². The van der Waals surface area contributed by atoms with Crippen LogP contribution < -0.4 is 5.32 Å². The summed E-state index contributed by atoms with van der Waals surface area (Å²) in [6.07, 6.45) is 0. The molecule has 1 heterocycles. The van der Waals surface area contributed by atoms with Crippen LogP contribution in [-0.4, -0.2) is 44.9 Å². The van der Waals surface area contributed by atoms with Gasteiger partial charge in [-0.1, -0.05) is 36.4 Å². The lowest BCUT2D eigenvalue weighted by atomic mass is 10.1. The van der Waals surface area contributed by atoms with Crippen LogP contribution in [0.1, 0.15) is 21.5 Å². The fourth-order valence-electron chi connectivity index (χ4n) is 2.82. The van der Waals surface area contributed by atoms with Gasteiger partial charge in [0.05, 0.1) is 18.1 Å². The quantitative estimate of drug-likeness (QED) is 0.868. The molecule has 3 rings (SSSR count). The van der Waals surface area contributed by atoms with Crippen LogP contribution in [0.25, 0.3) is 0 Å². The van der Waals surface area contributed by atoms with Crippen molar-refractivity contribution in [3.8, 4) is 0 Å². The van der Waals surface area contributed by atoms with Gasteiger partial charge in [0.1, 0.15) is 0 Å². The number of benzene rings is 2. The number of ether oxygens (including phenoxy) is 1. The van der Waals surface area contributed by atoms with Crippen LogP contribution in [0.3, 0.4) is 0 Å². The minimum Gasteiger partial charge on any atom is -0.379 e. The molecule has 1 N–H and O–H groups in total. The Hall–Kier alpha value is -2.22. The lowest BCUT2D eigenvalue weighted by molar-refractivity contribution is 0.0730. The topological polar surface area (TPSA) is 75.7 Å². The van der Waals surface area contributed by atoms with Gasteiger partial charge in [-0.05, 0) is 30.2 Å². The number of hydrogen-bond donors (Lipinski definition) is 1. The highest BCUT2D eigenvalue weighted by Crippen LogP contribution is 2.20. The molecule has 26 heavy (non-hydrogen) atoms. The molecule has 1 saturated heterocycles. The molecular formula is C19H22N2O4S. The Morgan fingerprint density at radius 1 is 1.12 bits per heavy atom. The Morgan fingerprint density at radius 3 is 2.50 bits per heavy atom. The van der Waals surface area contributed by atoms with Crippen molar-refractivity contribution < 1.29 is 17.9 Å². The van der Waals surface area contributed by atoms with Gasteiger partial charge in [0.25, 0.3) is 5.91 Å². The second-order valence-corrected chi connectivity index (χ2v) is 8.10. The molecule has 138 valence electrons. The molecule has 0 spiro atoms. The van der Waals surface area contributed by atoms with Crippen molar-refractivity contribution in [2.75, 3.05) is 26.3 Å². The van der Waals surface area contributed by atoms with Crippen LogP contribution >= 0.6 is 0 Å². The van der Waals surface area contributed by atoms with Gasteiger partial charge in [0.15, 0.2) is 0 Å². The van der Waals surface area contributed by atoms with Crippen molar-refractivity contribution in [2.24, 2.45) is 0 Å². The molecule has 0 unspecified atom stereocenters. The summed E-state index contributed by atoms with van der Waals surface area (Å²) < 4.78 is 32.2. The molecule has 0 aromatic heterocycles. The van der Waals surface area contributed by atoms with Gasteiger partial charge in [-0.25, -0.2) is 8.42 Å². The van der Waals surface area contributed by atoms with E-state index in [0.717, 1.165) is 11.1 Å². The molecule has 6 nitrogen and oxygen atoms in total. The third kappa shape index (κ3) is 4.12. The van der Waals surface area contributed by atoms with E-state index in [1.54, 1.807) is 19.1 Å². The fourth-order valence-corrected chi connectivity index (χ4v) is 4.25. The first-order chi connectivity index (χ1) is 12.5. The van der Waals surface area contributed by atoms with E-state index in [9.17, 15) is 13.2 Å². The summed E-state index contributed by atoms with van der Waals surface area (Å²) in [7, 11) is -3.63. The Balaban J connectivity index is 1.79. The molecule has 1 amide bonds. The first kappa shape index (κ1) is 18.6. The standard InChI is InChI=1S/C19H22N2O4S/c1-15-7-8-17(26(23,24)21-9-11-25-12-10-21)13-18(15)19(22)20-14-16-5-3-2-4-6-16/h2-8,13H,9-12,14H2,1H3,(H,20,22). The molecule has 0 aliphatic carbocycles. The highest BCUT2D eigenvalue weighted by molar-refractivity contribution is 7.89. The molecule has 0 saturated carbocycles. The molecular weight excluding hydrogens is 352 g/mol. The summed E-state index contributed by atoms with van der Waals surface area (Å²) in [5.74, 6) is -0.287. The van der Waals surface area contributed by atoms with E-state index < -0.39 is 10.0 Å². The van der Waals surface area contributed by atoms with Crippen LogP contribution in [0.5, 0.6) is 0 Å². The third-order valence-electron chi connectivity index (χ3n) is 4.36. The van der Waals surface area contributed by atoms with Crippen molar-refractivity contribution in [3.05, 3.63) is 65.2 Å². The van der Waals surface area contributed by atoms with Crippen molar-refractivity contribution in [3.63, 3.8) is 0 Å². The predicted molar refractivity (Wildman–Crippen MR) is 98.4 cm³/mol. The number of aryl methyl sites for hydroxylation is 1. The lowest BCUT2D eigenvalue weighted by Crippen LogP contribution is -2.40. The molecule has 0 radical (unpaired) electrons. The largest absolute Gasteiger partial charge is 0.379 e. The maximum Gasteiger partial charge on any atom is 0.251 e. The first-order valence-corrected chi connectivity index (χ1v) is 9.93. The second kappa shape index (κ2) is 7.99. The van der Waals surface area contributed by atoms with E-state index in [0.29, 0.717) is 38.4 Å². The van der Waals surface area contributed by atoms with Crippen LogP contribution in [-0.2, 0) is 21.3 Å². The second-order valence-electron chi connectivity index (χ2n) is 6.16. The van der Waals surface area contributed by atoms with Crippen LogP contribution in [0, 0.1) is 6.92 Å². The monoisotopic (exact) mass is 374 g/mol. The Kier molecular flexibility index (Phi) is 5.70. The number of morpholine rings is 1. The average Bonchev–Trinajstić information content (AvgIpc) is 2.68. The summed E-state index contributed by atoms with van der Waals surface area (Å²) in [6, 6.07) is 14.2. The molecule has 2 aromatic carbocycles. The SMILES string of the molecule is Cc1ccc(S(=O)(=O)N2CCOCC2)cc1C(=O)NCc1ccccc1. The van der Waals surface area contributed by atoms with Gasteiger partial charge < -0.3 is 10.1 Å². The van der Waals surface area contributed by atoms with Crippen molar-refractivity contribution in [1.82, 2.24) is 9.62 Å². The summed E-state index contributed by atoms with van der Waals surface area (Å²) in [6.45, 7) is 3.60. The number of sulfonamides is 1. The van der Waals surface area contributed by atoms with Crippen molar-refractivity contribution in [2.45, 2.75) is 18.4 Å². The summed E-state index contributed by atoms with van der Waals surface area (Å²) in [5, 5.41) is 2.85. The number of carbonyl (C=O) groups excluding carboxylic acids is 1. The maximum atomic E-state index is 12.8. The molecule has 7 heteroatoms. The van der Waals surface area contributed by atoms with Gasteiger partial charge in [-0.15, -0.1) is 0 Å².